The van der Waals surface area contributed by atoms with Crippen LogP contribution in [-0.2, 0) is 6.42 Å². The van der Waals surface area contributed by atoms with E-state index in [0.29, 0.717) is 5.56 Å². The van der Waals surface area contributed by atoms with Crippen molar-refractivity contribution in [2.24, 2.45) is 5.73 Å². The third-order valence-corrected chi connectivity index (χ3v) is 2.73. The molecule has 0 aliphatic carbocycles. The molecule has 0 fully saturated rings. The highest BCUT2D eigenvalue weighted by Crippen LogP contribution is 2.24. The molecule has 1 radical (unpaired) electrons. The van der Waals surface area contributed by atoms with Crippen LogP contribution in [0.2, 0.25) is 0 Å². The van der Waals surface area contributed by atoms with Crippen LogP contribution in [-0.4, -0.2) is 16.0 Å². The quantitative estimate of drug-likeness (QED) is 0.897. The van der Waals surface area contributed by atoms with Crippen molar-refractivity contribution in [1.82, 2.24) is 4.98 Å². The normalized spacial score (nSPS) is 10.5. The van der Waals surface area contributed by atoms with Crippen LogP contribution in [0.5, 0.6) is 5.75 Å². The Balaban J connectivity index is 2.15. The zero-order valence-corrected chi connectivity index (χ0v) is 10.3. The zero-order chi connectivity index (χ0) is 14.7. The molecule has 2 aromatic rings. The first kappa shape index (κ1) is 13.9. The molecule has 20 heavy (non-hydrogen) atoms. The molecule has 1 aromatic heterocycles. The fourth-order valence-electron chi connectivity index (χ4n) is 1.68. The predicted octanol–water partition coefficient (Wildman–Crippen LogP) is 1.96. The number of rotatable bonds is 4. The number of aromatic nitrogens is 1. The summed E-state index contributed by atoms with van der Waals surface area (Å²) in [6.07, 6.45) is 3.17. The predicted molar refractivity (Wildman–Crippen MR) is 67.9 cm³/mol. The molecule has 103 valence electrons. The molecule has 6 heteroatoms. The summed E-state index contributed by atoms with van der Waals surface area (Å²) in [5.74, 6) is -3.70. The fraction of sp³-hybridized carbons (Fsp3) is 0.0714. The van der Waals surface area contributed by atoms with Gasteiger partial charge in [0.2, 0.25) is 0 Å². The third-order valence-electron chi connectivity index (χ3n) is 2.73. The molecule has 1 amide bonds. The van der Waals surface area contributed by atoms with E-state index in [9.17, 15) is 13.6 Å². The standard InChI is InChI=1S/C14H11F2N2O2/c15-10-4-3-9(12(16)13(10)19)2-1-8-5-6-18-11(7-8)14(17)20/h2-7,19H,1H2,(H2,17,20). The van der Waals surface area contributed by atoms with E-state index in [1.807, 2.05) is 0 Å². The van der Waals surface area contributed by atoms with E-state index in [2.05, 4.69) is 4.98 Å². The average Bonchev–Trinajstić information content (AvgIpc) is 2.44. The van der Waals surface area contributed by atoms with E-state index < -0.39 is 23.3 Å². The molecular formula is C14H11F2N2O2. The van der Waals surface area contributed by atoms with Gasteiger partial charge in [-0.1, -0.05) is 6.07 Å². The topological polar surface area (TPSA) is 76.2 Å². The SMILES string of the molecule is NC(=O)c1cc(C[CH]c2ccc(F)c(O)c2F)ccn1. The van der Waals surface area contributed by atoms with Gasteiger partial charge in [0.15, 0.2) is 17.4 Å². The molecule has 0 atom stereocenters. The Morgan fingerprint density at radius 3 is 2.80 bits per heavy atom. The maximum absolute atomic E-state index is 13.6. The summed E-state index contributed by atoms with van der Waals surface area (Å²) in [4.78, 5) is 14.8. The van der Waals surface area contributed by atoms with Gasteiger partial charge < -0.3 is 10.8 Å². The lowest BCUT2D eigenvalue weighted by molar-refractivity contribution is 0.0995. The van der Waals surface area contributed by atoms with Crippen LogP contribution in [0, 0.1) is 18.1 Å². The largest absolute Gasteiger partial charge is 0.503 e. The summed E-state index contributed by atoms with van der Waals surface area (Å²) in [6, 6.07) is 5.33. The molecule has 0 saturated heterocycles. The van der Waals surface area contributed by atoms with Gasteiger partial charge in [-0.25, -0.2) is 8.78 Å². The van der Waals surface area contributed by atoms with Gasteiger partial charge in [0, 0.05) is 6.20 Å². The second-order valence-corrected chi connectivity index (χ2v) is 4.12. The number of benzene rings is 1. The average molecular weight is 277 g/mol. The first-order valence-corrected chi connectivity index (χ1v) is 5.74. The van der Waals surface area contributed by atoms with Gasteiger partial charge >= 0.3 is 0 Å². The number of hydrogen-bond donors (Lipinski definition) is 2. The molecule has 2 rings (SSSR count). The van der Waals surface area contributed by atoms with E-state index in [4.69, 9.17) is 10.8 Å². The van der Waals surface area contributed by atoms with Crippen molar-refractivity contribution in [1.29, 1.82) is 0 Å². The molecule has 4 nitrogen and oxygen atoms in total. The van der Waals surface area contributed by atoms with Crippen LogP contribution in [0.1, 0.15) is 21.6 Å². The van der Waals surface area contributed by atoms with Crippen molar-refractivity contribution < 1.29 is 18.7 Å². The number of carbonyl (C=O) groups excluding carboxylic acids is 1. The number of amides is 1. The molecule has 1 heterocycles. The van der Waals surface area contributed by atoms with Gasteiger partial charge in [0.1, 0.15) is 5.69 Å². The Labute approximate surface area is 113 Å². The van der Waals surface area contributed by atoms with E-state index >= 15 is 0 Å². The van der Waals surface area contributed by atoms with Crippen LogP contribution in [0.3, 0.4) is 0 Å². The van der Waals surface area contributed by atoms with Crippen LogP contribution >= 0.6 is 0 Å². The third kappa shape index (κ3) is 2.90. The summed E-state index contributed by atoms with van der Waals surface area (Å²) in [7, 11) is 0. The summed E-state index contributed by atoms with van der Waals surface area (Å²) >= 11 is 0. The van der Waals surface area contributed by atoms with Crippen molar-refractivity contribution in [3.05, 3.63) is 65.3 Å². The highest BCUT2D eigenvalue weighted by Gasteiger charge is 2.12. The van der Waals surface area contributed by atoms with Crippen molar-refractivity contribution in [2.45, 2.75) is 6.42 Å². The Morgan fingerprint density at radius 2 is 2.10 bits per heavy atom. The first-order valence-electron chi connectivity index (χ1n) is 5.74. The minimum Gasteiger partial charge on any atom is -0.503 e. The zero-order valence-electron chi connectivity index (χ0n) is 10.3. The number of carbonyl (C=O) groups is 1. The van der Waals surface area contributed by atoms with Gasteiger partial charge in [-0.3, -0.25) is 9.78 Å². The molecule has 0 aliphatic rings. The maximum atomic E-state index is 13.6. The lowest BCUT2D eigenvalue weighted by Gasteiger charge is -2.06. The number of phenols is 1. The highest BCUT2D eigenvalue weighted by molar-refractivity contribution is 5.90. The smallest absolute Gasteiger partial charge is 0.267 e. The number of nitrogens with two attached hydrogens (primary N) is 1. The minimum atomic E-state index is -1.02. The maximum Gasteiger partial charge on any atom is 0.267 e. The summed E-state index contributed by atoms with van der Waals surface area (Å²) in [5.41, 5.74) is 5.98. The highest BCUT2D eigenvalue weighted by atomic mass is 19.1. The van der Waals surface area contributed by atoms with E-state index in [1.165, 1.54) is 24.8 Å². The van der Waals surface area contributed by atoms with Gasteiger partial charge in [-0.2, -0.15) is 0 Å². The molecule has 3 N–H and O–H groups in total. The lowest BCUT2D eigenvalue weighted by Crippen LogP contribution is -2.13. The molecule has 1 aromatic carbocycles. The minimum absolute atomic E-state index is 0.0707. The van der Waals surface area contributed by atoms with Crippen molar-refractivity contribution >= 4 is 5.91 Å². The molecule has 0 bridgehead atoms. The second kappa shape index (κ2) is 5.64. The Morgan fingerprint density at radius 1 is 1.35 bits per heavy atom. The van der Waals surface area contributed by atoms with Gasteiger partial charge in [-0.15, -0.1) is 0 Å². The Bertz CT molecular complexity index is 660. The van der Waals surface area contributed by atoms with Crippen molar-refractivity contribution in [3.8, 4) is 5.75 Å². The molecular weight excluding hydrogens is 266 g/mol. The number of primary amides is 1. The van der Waals surface area contributed by atoms with Crippen molar-refractivity contribution in [3.63, 3.8) is 0 Å². The Kier molecular flexibility index (Phi) is 3.93. The first-order chi connectivity index (χ1) is 9.49. The number of halogens is 2. The van der Waals surface area contributed by atoms with Crippen molar-refractivity contribution in [2.75, 3.05) is 0 Å². The number of phenolic OH excluding ortho intramolecular Hbond substituents is 1. The molecule has 0 saturated carbocycles. The van der Waals surface area contributed by atoms with E-state index in [1.54, 1.807) is 6.07 Å². The van der Waals surface area contributed by atoms with Crippen LogP contribution in [0.4, 0.5) is 8.78 Å². The molecule has 0 unspecified atom stereocenters. The van der Waals surface area contributed by atoms with Crippen LogP contribution < -0.4 is 5.73 Å². The van der Waals surface area contributed by atoms with Crippen LogP contribution in [0.25, 0.3) is 0 Å². The van der Waals surface area contributed by atoms with Gasteiger partial charge in [-0.05, 0) is 42.2 Å². The molecule has 0 aliphatic heterocycles. The summed E-state index contributed by atoms with van der Waals surface area (Å²) < 4.78 is 26.5. The van der Waals surface area contributed by atoms with Crippen LogP contribution in [0.15, 0.2) is 30.5 Å². The number of pyridine rings is 1. The number of hydrogen-bond acceptors (Lipinski definition) is 3. The number of aromatic hydroxyl groups is 1. The monoisotopic (exact) mass is 277 g/mol. The molecule has 0 spiro atoms. The Hall–Kier alpha value is -2.50. The summed E-state index contributed by atoms with van der Waals surface area (Å²) in [5, 5.41) is 9.16. The fourth-order valence-corrected chi connectivity index (χ4v) is 1.68. The summed E-state index contributed by atoms with van der Waals surface area (Å²) in [6.45, 7) is 0. The second-order valence-electron chi connectivity index (χ2n) is 4.12. The van der Waals surface area contributed by atoms with E-state index in [-0.39, 0.29) is 17.7 Å². The van der Waals surface area contributed by atoms with E-state index in [0.717, 1.165) is 6.07 Å². The van der Waals surface area contributed by atoms with Gasteiger partial charge in [0.25, 0.3) is 5.91 Å². The lowest BCUT2D eigenvalue weighted by atomic mass is 10.0. The number of nitrogens with zero attached hydrogens (tertiary/aromatic N) is 1. The van der Waals surface area contributed by atoms with Gasteiger partial charge in [0.05, 0.1) is 0 Å².